The normalized spacial score (nSPS) is 12.4. The molecule has 0 bridgehead atoms. The molecule has 0 radical (unpaired) electrons. The highest BCUT2D eigenvalue weighted by molar-refractivity contribution is 5.94. The smallest absolute Gasteiger partial charge is 0.416 e. The second-order valence-corrected chi connectivity index (χ2v) is 7.62. The topological polar surface area (TPSA) is 68.0 Å². The molecule has 1 aromatic heterocycles. The summed E-state index contributed by atoms with van der Waals surface area (Å²) < 4.78 is 44.6. The van der Waals surface area contributed by atoms with Gasteiger partial charge in [0, 0.05) is 16.7 Å². The summed E-state index contributed by atoms with van der Waals surface area (Å²) in [5.74, 6) is 0.315. The minimum Gasteiger partial charge on any atom is -0.416 e. The molecular formula is C25H20F3N3O2. The molecule has 4 aromatic rings. The van der Waals surface area contributed by atoms with Crippen molar-refractivity contribution in [2.24, 2.45) is 0 Å². The summed E-state index contributed by atoms with van der Waals surface area (Å²) in [5.41, 5.74) is 2.46. The van der Waals surface area contributed by atoms with Crippen LogP contribution in [0.25, 0.3) is 22.9 Å². The number of amides is 1. The van der Waals surface area contributed by atoms with Gasteiger partial charge in [-0.3, -0.25) is 4.79 Å². The van der Waals surface area contributed by atoms with E-state index in [1.165, 1.54) is 6.07 Å². The maximum Gasteiger partial charge on any atom is 0.416 e. The number of hydrogen-bond donors (Lipinski definition) is 1. The molecule has 0 aliphatic carbocycles. The maximum atomic E-state index is 12.9. The van der Waals surface area contributed by atoms with Crippen LogP contribution in [0.15, 0.2) is 77.2 Å². The van der Waals surface area contributed by atoms with Crippen LogP contribution in [0.3, 0.4) is 0 Å². The first-order chi connectivity index (χ1) is 15.7. The number of halogens is 3. The average molecular weight is 451 g/mol. The lowest BCUT2D eigenvalue weighted by Gasteiger charge is -2.16. The number of alkyl halides is 3. The minimum absolute atomic E-state index is 0.317. The van der Waals surface area contributed by atoms with Gasteiger partial charge >= 0.3 is 6.18 Å². The number of hydrogen-bond acceptors (Lipinski definition) is 4. The lowest BCUT2D eigenvalue weighted by atomic mass is 10.0. The number of nitrogens with one attached hydrogen (secondary N) is 1. The van der Waals surface area contributed by atoms with Gasteiger partial charge in [-0.05, 0) is 67.4 Å². The Kier molecular flexibility index (Phi) is 6.00. The Morgan fingerprint density at radius 3 is 2.33 bits per heavy atom. The predicted octanol–water partition coefficient (Wildman–Crippen LogP) is 6.22. The SMILES string of the molecule is Cc1ccccc1-c1nnc(-c2ccc(C(=O)NC(C)c3cccc(C(F)(F)F)c3)cc2)o1. The van der Waals surface area contributed by atoms with Gasteiger partial charge in [0.25, 0.3) is 5.91 Å². The van der Waals surface area contributed by atoms with Gasteiger partial charge in [0.05, 0.1) is 11.6 Å². The van der Waals surface area contributed by atoms with Crippen LogP contribution in [0.1, 0.15) is 40.0 Å². The summed E-state index contributed by atoms with van der Waals surface area (Å²) in [6.07, 6.45) is -4.44. The zero-order valence-electron chi connectivity index (χ0n) is 17.9. The molecular weight excluding hydrogens is 431 g/mol. The van der Waals surface area contributed by atoms with Gasteiger partial charge in [-0.1, -0.05) is 30.3 Å². The van der Waals surface area contributed by atoms with E-state index >= 15 is 0 Å². The molecule has 1 unspecified atom stereocenters. The molecule has 5 nitrogen and oxygen atoms in total. The number of carbonyl (C=O) groups excluding carboxylic acids is 1. The van der Waals surface area contributed by atoms with Gasteiger partial charge in [0.2, 0.25) is 11.8 Å². The largest absolute Gasteiger partial charge is 0.416 e. The van der Waals surface area contributed by atoms with Crippen molar-refractivity contribution in [3.05, 3.63) is 95.1 Å². The average Bonchev–Trinajstić information content (AvgIpc) is 3.29. The van der Waals surface area contributed by atoms with Crippen molar-refractivity contribution in [1.82, 2.24) is 15.5 Å². The first kappa shape index (κ1) is 22.3. The fraction of sp³-hybridized carbons (Fsp3) is 0.160. The van der Waals surface area contributed by atoms with Crippen LogP contribution in [-0.2, 0) is 6.18 Å². The third-order valence-corrected chi connectivity index (χ3v) is 5.26. The Balaban J connectivity index is 1.46. The van der Waals surface area contributed by atoms with Crippen molar-refractivity contribution in [2.45, 2.75) is 26.1 Å². The summed E-state index contributed by atoms with van der Waals surface area (Å²) in [5, 5.41) is 10.9. The number of benzene rings is 3. The van der Waals surface area contributed by atoms with E-state index in [-0.39, 0.29) is 0 Å². The fourth-order valence-electron chi connectivity index (χ4n) is 3.37. The van der Waals surface area contributed by atoms with E-state index in [1.54, 1.807) is 37.3 Å². The number of rotatable bonds is 5. The quantitative estimate of drug-likeness (QED) is 0.391. The Labute approximate surface area is 188 Å². The van der Waals surface area contributed by atoms with Gasteiger partial charge in [0.15, 0.2) is 0 Å². The van der Waals surface area contributed by atoms with Crippen LogP contribution in [-0.4, -0.2) is 16.1 Å². The summed E-state index contributed by atoms with van der Waals surface area (Å²) >= 11 is 0. The summed E-state index contributed by atoms with van der Waals surface area (Å²) in [4.78, 5) is 12.6. The van der Waals surface area contributed by atoms with Gasteiger partial charge < -0.3 is 9.73 Å². The lowest BCUT2D eigenvalue weighted by molar-refractivity contribution is -0.137. The zero-order valence-corrected chi connectivity index (χ0v) is 17.9. The number of aryl methyl sites for hydroxylation is 1. The third-order valence-electron chi connectivity index (χ3n) is 5.26. The molecule has 0 spiro atoms. The van der Waals surface area contributed by atoms with Crippen LogP contribution in [0.2, 0.25) is 0 Å². The lowest BCUT2D eigenvalue weighted by Crippen LogP contribution is -2.26. The monoisotopic (exact) mass is 451 g/mol. The molecule has 4 rings (SSSR count). The molecule has 8 heteroatoms. The molecule has 168 valence electrons. The molecule has 0 aliphatic rings. The van der Waals surface area contributed by atoms with Crippen molar-refractivity contribution in [2.75, 3.05) is 0 Å². The Bertz CT molecular complexity index is 1280. The second-order valence-electron chi connectivity index (χ2n) is 7.62. The van der Waals surface area contributed by atoms with E-state index < -0.39 is 23.7 Å². The van der Waals surface area contributed by atoms with E-state index in [0.717, 1.165) is 23.3 Å². The Morgan fingerprint density at radius 1 is 0.939 bits per heavy atom. The van der Waals surface area contributed by atoms with E-state index in [2.05, 4.69) is 15.5 Å². The highest BCUT2D eigenvalue weighted by atomic mass is 19.4. The van der Waals surface area contributed by atoms with Crippen LogP contribution >= 0.6 is 0 Å². The fourth-order valence-corrected chi connectivity index (χ4v) is 3.37. The highest BCUT2D eigenvalue weighted by Gasteiger charge is 2.30. The molecule has 1 heterocycles. The highest BCUT2D eigenvalue weighted by Crippen LogP contribution is 2.31. The van der Waals surface area contributed by atoms with Crippen LogP contribution in [0.5, 0.6) is 0 Å². The standard InChI is InChI=1S/C25H20F3N3O2/c1-15-6-3-4-9-21(15)24-31-30-23(33-24)18-12-10-17(11-13-18)22(32)29-16(2)19-7-5-8-20(14-19)25(26,27)28/h3-14,16H,1-2H3,(H,29,32). The van der Waals surface area contributed by atoms with E-state index in [0.29, 0.717) is 28.5 Å². The van der Waals surface area contributed by atoms with Crippen LogP contribution in [0, 0.1) is 6.92 Å². The first-order valence-corrected chi connectivity index (χ1v) is 10.2. The first-order valence-electron chi connectivity index (χ1n) is 10.2. The minimum atomic E-state index is -4.44. The van der Waals surface area contributed by atoms with Crippen molar-refractivity contribution < 1.29 is 22.4 Å². The number of nitrogens with zero attached hydrogens (tertiary/aromatic N) is 2. The molecule has 1 amide bonds. The zero-order chi connectivity index (χ0) is 23.6. The summed E-state index contributed by atoms with van der Waals surface area (Å²) in [7, 11) is 0. The summed E-state index contributed by atoms with van der Waals surface area (Å²) in [6.45, 7) is 3.58. The molecule has 3 aromatic carbocycles. The summed E-state index contributed by atoms with van der Waals surface area (Å²) in [6, 6.07) is 18.5. The van der Waals surface area contributed by atoms with Crippen LogP contribution in [0.4, 0.5) is 13.2 Å². The van der Waals surface area contributed by atoms with E-state index in [9.17, 15) is 18.0 Å². The maximum absolute atomic E-state index is 12.9. The van der Waals surface area contributed by atoms with Crippen molar-refractivity contribution in [3.63, 3.8) is 0 Å². The van der Waals surface area contributed by atoms with E-state index in [4.69, 9.17) is 4.42 Å². The Morgan fingerprint density at radius 2 is 1.64 bits per heavy atom. The van der Waals surface area contributed by atoms with Crippen molar-refractivity contribution >= 4 is 5.91 Å². The van der Waals surface area contributed by atoms with Gasteiger partial charge in [-0.2, -0.15) is 13.2 Å². The molecule has 0 fully saturated rings. The van der Waals surface area contributed by atoms with Crippen LogP contribution < -0.4 is 5.32 Å². The molecule has 1 atom stereocenters. The third kappa shape index (κ3) is 4.95. The van der Waals surface area contributed by atoms with Crippen molar-refractivity contribution in [3.8, 4) is 22.9 Å². The molecule has 1 N–H and O–H groups in total. The van der Waals surface area contributed by atoms with Gasteiger partial charge in [-0.15, -0.1) is 10.2 Å². The predicted molar refractivity (Wildman–Crippen MR) is 117 cm³/mol. The molecule has 33 heavy (non-hydrogen) atoms. The number of carbonyl (C=O) groups is 1. The second kappa shape index (κ2) is 8.90. The van der Waals surface area contributed by atoms with E-state index in [1.807, 2.05) is 31.2 Å². The Hall–Kier alpha value is -3.94. The molecule has 0 saturated carbocycles. The van der Waals surface area contributed by atoms with Crippen molar-refractivity contribution in [1.29, 1.82) is 0 Å². The molecule has 0 aliphatic heterocycles. The number of aromatic nitrogens is 2. The van der Waals surface area contributed by atoms with Gasteiger partial charge in [0.1, 0.15) is 0 Å². The van der Waals surface area contributed by atoms with Gasteiger partial charge in [-0.25, -0.2) is 0 Å². The molecule has 0 saturated heterocycles.